The molecule has 23 heavy (non-hydrogen) atoms. The standard InChI is InChI=1S/C17H14ClN3OS/c1-11-20-21-16(23-11)10-19-15-9-13(18)7-8-14(15)17(22)12-5-3-2-4-6-12/h2-9,19H,10H2,1H3. The van der Waals surface area contributed by atoms with Crippen LogP contribution in [0.2, 0.25) is 5.02 Å². The predicted octanol–water partition coefficient (Wildman–Crippen LogP) is 4.34. The average molecular weight is 344 g/mol. The van der Waals surface area contributed by atoms with Gasteiger partial charge in [-0.25, -0.2) is 0 Å². The molecule has 1 N–H and O–H groups in total. The number of benzene rings is 2. The van der Waals surface area contributed by atoms with Crippen molar-refractivity contribution in [2.24, 2.45) is 0 Å². The van der Waals surface area contributed by atoms with Gasteiger partial charge < -0.3 is 5.32 Å². The fraction of sp³-hybridized carbons (Fsp3) is 0.118. The van der Waals surface area contributed by atoms with Crippen molar-refractivity contribution in [3.63, 3.8) is 0 Å². The van der Waals surface area contributed by atoms with Crippen LogP contribution in [0.1, 0.15) is 25.9 Å². The van der Waals surface area contributed by atoms with Crippen LogP contribution in [0, 0.1) is 6.92 Å². The summed E-state index contributed by atoms with van der Waals surface area (Å²) < 4.78 is 0. The maximum atomic E-state index is 12.7. The second-order valence-electron chi connectivity index (χ2n) is 4.95. The van der Waals surface area contributed by atoms with Gasteiger partial charge in [0.2, 0.25) is 0 Å². The van der Waals surface area contributed by atoms with Crippen molar-refractivity contribution in [3.8, 4) is 0 Å². The Balaban J connectivity index is 1.87. The number of nitrogens with one attached hydrogen (secondary N) is 1. The summed E-state index contributed by atoms with van der Waals surface area (Å²) in [6.07, 6.45) is 0. The Kier molecular flexibility index (Phi) is 4.69. The summed E-state index contributed by atoms with van der Waals surface area (Å²) in [5.74, 6) is -0.0433. The molecule has 0 aliphatic carbocycles. The van der Waals surface area contributed by atoms with Crippen molar-refractivity contribution in [3.05, 3.63) is 74.7 Å². The first-order chi connectivity index (χ1) is 11.1. The van der Waals surface area contributed by atoms with E-state index in [4.69, 9.17) is 11.6 Å². The zero-order valence-electron chi connectivity index (χ0n) is 12.4. The Morgan fingerprint density at radius 3 is 2.65 bits per heavy atom. The van der Waals surface area contributed by atoms with Gasteiger partial charge in [-0.1, -0.05) is 53.3 Å². The van der Waals surface area contributed by atoms with Gasteiger partial charge in [0.1, 0.15) is 10.0 Å². The number of nitrogens with zero attached hydrogens (tertiary/aromatic N) is 2. The van der Waals surface area contributed by atoms with E-state index in [9.17, 15) is 4.79 Å². The minimum atomic E-state index is -0.0433. The van der Waals surface area contributed by atoms with E-state index in [1.54, 1.807) is 30.3 Å². The first-order valence-electron chi connectivity index (χ1n) is 7.05. The number of rotatable bonds is 5. The quantitative estimate of drug-likeness (QED) is 0.700. The van der Waals surface area contributed by atoms with E-state index in [0.29, 0.717) is 28.4 Å². The highest BCUT2D eigenvalue weighted by molar-refractivity contribution is 7.11. The molecular weight excluding hydrogens is 330 g/mol. The number of ketones is 1. The molecule has 4 nitrogen and oxygen atoms in total. The minimum Gasteiger partial charge on any atom is -0.378 e. The molecule has 0 unspecified atom stereocenters. The molecule has 0 amide bonds. The second kappa shape index (κ2) is 6.89. The summed E-state index contributed by atoms with van der Waals surface area (Å²) in [6, 6.07) is 14.4. The van der Waals surface area contributed by atoms with Crippen LogP contribution in [0.3, 0.4) is 0 Å². The molecule has 0 aliphatic heterocycles. The molecule has 1 heterocycles. The van der Waals surface area contributed by atoms with E-state index in [-0.39, 0.29) is 5.78 Å². The summed E-state index contributed by atoms with van der Waals surface area (Å²) >= 11 is 7.60. The summed E-state index contributed by atoms with van der Waals surface area (Å²) in [5, 5.41) is 13.6. The fourth-order valence-corrected chi connectivity index (χ4v) is 3.01. The smallest absolute Gasteiger partial charge is 0.195 e. The number of aromatic nitrogens is 2. The number of anilines is 1. The zero-order chi connectivity index (χ0) is 16.2. The number of aryl methyl sites for hydroxylation is 1. The third kappa shape index (κ3) is 3.75. The Hall–Kier alpha value is -2.24. The van der Waals surface area contributed by atoms with Crippen LogP contribution in [-0.4, -0.2) is 16.0 Å². The van der Waals surface area contributed by atoms with Crippen LogP contribution in [0.15, 0.2) is 48.5 Å². The van der Waals surface area contributed by atoms with Gasteiger partial charge >= 0.3 is 0 Å². The number of hydrogen-bond donors (Lipinski definition) is 1. The topological polar surface area (TPSA) is 54.9 Å². The summed E-state index contributed by atoms with van der Waals surface area (Å²) in [5.41, 5.74) is 1.92. The van der Waals surface area contributed by atoms with Gasteiger partial charge in [0, 0.05) is 21.8 Å². The lowest BCUT2D eigenvalue weighted by Gasteiger charge is -2.11. The molecule has 3 rings (SSSR count). The van der Waals surface area contributed by atoms with Crippen LogP contribution in [-0.2, 0) is 6.54 Å². The molecule has 0 saturated carbocycles. The first kappa shape index (κ1) is 15.6. The number of carbonyl (C=O) groups excluding carboxylic acids is 1. The zero-order valence-corrected chi connectivity index (χ0v) is 14.0. The molecule has 0 fully saturated rings. The SMILES string of the molecule is Cc1nnc(CNc2cc(Cl)ccc2C(=O)c2ccccc2)s1. The molecule has 116 valence electrons. The van der Waals surface area contributed by atoms with Gasteiger partial charge in [-0.15, -0.1) is 10.2 Å². The van der Waals surface area contributed by atoms with E-state index in [1.807, 2.05) is 25.1 Å². The maximum absolute atomic E-state index is 12.7. The van der Waals surface area contributed by atoms with Crippen molar-refractivity contribution in [2.45, 2.75) is 13.5 Å². The predicted molar refractivity (Wildman–Crippen MR) is 93.3 cm³/mol. The second-order valence-corrected chi connectivity index (χ2v) is 6.66. The molecule has 2 aromatic carbocycles. The molecule has 0 aliphatic rings. The van der Waals surface area contributed by atoms with Crippen molar-refractivity contribution < 1.29 is 4.79 Å². The van der Waals surface area contributed by atoms with Crippen LogP contribution < -0.4 is 5.32 Å². The third-order valence-corrected chi connectivity index (χ3v) is 4.33. The van der Waals surface area contributed by atoms with Crippen LogP contribution >= 0.6 is 22.9 Å². The van der Waals surface area contributed by atoms with Gasteiger partial charge in [0.15, 0.2) is 5.78 Å². The van der Waals surface area contributed by atoms with Crippen molar-refractivity contribution >= 4 is 34.4 Å². The third-order valence-electron chi connectivity index (χ3n) is 3.26. The summed E-state index contributed by atoms with van der Waals surface area (Å²) in [6.45, 7) is 2.41. The lowest BCUT2D eigenvalue weighted by molar-refractivity contribution is 0.103. The highest BCUT2D eigenvalue weighted by Gasteiger charge is 2.14. The molecule has 0 spiro atoms. The summed E-state index contributed by atoms with van der Waals surface area (Å²) in [7, 11) is 0. The molecule has 0 radical (unpaired) electrons. The Bertz CT molecular complexity index is 833. The average Bonchev–Trinajstić information content (AvgIpc) is 2.99. The van der Waals surface area contributed by atoms with Crippen molar-refractivity contribution in [1.29, 1.82) is 0 Å². The largest absolute Gasteiger partial charge is 0.378 e. The monoisotopic (exact) mass is 343 g/mol. The highest BCUT2D eigenvalue weighted by atomic mass is 35.5. The molecule has 3 aromatic rings. The number of hydrogen-bond acceptors (Lipinski definition) is 5. The normalized spacial score (nSPS) is 10.5. The van der Waals surface area contributed by atoms with Crippen LogP contribution in [0.5, 0.6) is 0 Å². The molecular formula is C17H14ClN3OS. The van der Waals surface area contributed by atoms with E-state index >= 15 is 0 Å². The van der Waals surface area contributed by atoms with Crippen molar-refractivity contribution in [1.82, 2.24) is 10.2 Å². The van der Waals surface area contributed by atoms with Gasteiger partial charge in [-0.05, 0) is 25.1 Å². The Morgan fingerprint density at radius 2 is 1.96 bits per heavy atom. The van der Waals surface area contributed by atoms with Gasteiger partial charge in [0.25, 0.3) is 0 Å². The van der Waals surface area contributed by atoms with Gasteiger partial charge in [0.05, 0.1) is 6.54 Å². The van der Waals surface area contributed by atoms with Gasteiger partial charge in [-0.3, -0.25) is 4.79 Å². The fourth-order valence-electron chi connectivity index (χ4n) is 2.19. The molecule has 0 bridgehead atoms. The molecule has 0 atom stereocenters. The van der Waals surface area contributed by atoms with Crippen LogP contribution in [0.4, 0.5) is 5.69 Å². The van der Waals surface area contributed by atoms with Crippen molar-refractivity contribution in [2.75, 3.05) is 5.32 Å². The minimum absolute atomic E-state index is 0.0433. The summed E-state index contributed by atoms with van der Waals surface area (Å²) in [4.78, 5) is 12.7. The molecule has 0 saturated heterocycles. The Labute approximate surface area is 143 Å². The number of carbonyl (C=O) groups is 1. The maximum Gasteiger partial charge on any atom is 0.195 e. The molecule has 1 aromatic heterocycles. The first-order valence-corrected chi connectivity index (χ1v) is 8.25. The highest BCUT2D eigenvalue weighted by Crippen LogP contribution is 2.24. The number of halogens is 1. The lowest BCUT2D eigenvalue weighted by Crippen LogP contribution is -2.08. The van der Waals surface area contributed by atoms with E-state index < -0.39 is 0 Å². The van der Waals surface area contributed by atoms with Gasteiger partial charge in [-0.2, -0.15) is 0 Å². The Morgan fingerprint density at radius 1 is 1.17 bits per heavy atom. The van der Waals surface area contributed by atoms with E-state index in [0.717, 1.165) is 10.0 Å². The lowest BCUT2D eigenvalue weighted by atomic mass is 10.0. The van der Waals surface area contributed by atoms with Crippen LogP contribution in [0.25, 0.3) is 0 Å². The van der Waals surface area contributed by atoms with E-state index in [1.165, 1.54) is 11.3 Å². The van der Waals surface area contributed by atoms with E-state index in [2.05, 4.69) is 15.5 Å². The molecule has 6 heteroatoms.